The lowest BCUT2D eigenvalue weighted by Gasteiger charge is -2.38. The Bertz CT molecular complexity index is 672. The summed E-state index contributed by atoms with van der Waals surface area (Å²) in [5.74, 6) is -1.28. The first-order valence-corrected chi connectivity index (χ1v) is 20.3. The van der Waals surface area contributed by atoms with Crippen LogP contribution in [-0.4, -0.2) is 50.0 Å². The van der Waals surface area contributed by atoms with Gasteiger partial charge in [-0.25, -0.2) is 0 Å². The molecule has 9 heteroatoms. The van der Waals surface area contributed by atoms with Crippen LogP contribution in [0.5, 0.6) is 0 Å². The van der Waals surface area contributed by atoms with Gasteiger partial charge in [-0.3, -0.25) is 9.79 Å². The second-order valence-corrected chi connectivity index (χ2v) is 22.8. The van der Waals surface area contributed by atoms with Crippen molar-refractivity contribution in [1.29, 1.82) is 5.26 Å². The van der Waals surface area contributed by atoms with Crippen molar-refractivity contribution in [2.75, 3.05) is 13.2 Å². The average Bonchev–Trinajstić information content (AvgIpc) is 2.57. The molecule has 0 saturated carbocycles. The molecule has 0 spiro atoms. The van der Waals surface area contributed by atoms with Gasteiger partial charge >= 0.3 is 14.5 Å². The number of ether oxygens (including phenoxy) is 1. The topological polar surface area (TPSA) is 80.9 Å². The van der Waals surface area contributed by atoms with E-state index in [1.165, 1.54) is 0 Å². The molecule has 170 valence electrons. The third kappa shape index (κ3) is 10.3. The average molecular weight is 469 g/mol. The molecule has 0 bridgehead atoms. The molecule has 1 aliphatic rings. The Morgan fingerprint density at radius 2 is 1.73 bits per heavy atom. The summed E-state index contributed by atoms with van der Waals surface area (Å²) in [6.45, 7) is 18.3. The fourth-order valence-electron chi connectivity index (χ4n) is 3.74. The number of hydrogen-bond acceptors (Lipinski definition) is 6. The Kier molecular flexibility index (Phi) is 10.4. The highest BCUT2D eigenvalue weighted by molar-refractivity contribution is 6.87. The molecule has 0 heterocycles. The number of nitrogens with zero attached hydrogens (tertiary/aromatic N) is 2. The van der Waals surface area contributed by atoms with Crippen LogP contribution in [-0.2, 0) is 17.8 Å². The Morgan fingerprint density at radius 1 is 1.13 bits per heavy atom. The van der Waals surface area contributed by atoms with Gasteiger partial charge in [0.25, 0.3) is 0 Å². The zero-order chi connectivity index (χ0) is 23.0. The molecule has 0 N–H and O–H groups in total. The second kappa shape index (κ2) is 11.5. The number of allylic oxidation sites excluding steroid dienone is 1. The van der Waals surface area contributed by atoms with E-state index in [4.69, 9.17) is 18.0 Å². The van der Waals surface area contributed by atoms with E-state index < -0.39 is 37.1 Å². The Morgan fingerprint density at radius 3 is 2.23 bits per heavy atom. The molecule has 0 fully saturated rings. The molecule has 1 unspecified atom stereocenters. The largest absolute Gasteiger partial charge is 0.465 e. The summed E-state index contributed by atoms with van der Waals surface area (Å²) in [4.78, 5) is 16.8. The highest BCUT2D eigenvalue weighted by Crippen LogP contribution is 2.26. The fraction of sp³-hybridized carbons (Fsp3) is 0.762. The van der Waals surface area contributed by atoms with Crippen molar-refractivity contribution in [2.45, 2.75) is 84.5 Å². The van der Waals surface area contributed by atoms with Gasteiger partial charge in [-0.15, -0.1) is 0 Å². The van der Waals surface area contributed by atoms with E-state index in [0.717, 1.165) is 43.0 Å². The van der Waals surface area contributed by atoms with Crippen LogP contribution in [0.4, 0.5) is 0 Å². The summed E-state index contributed by atoms with van der Waals surface area (Å²) in [6, 6.07) is 3.02. The van der Waals surface area contributed by atoms with Crippen molar-refractivity contribution in [2.24, 2.45) is 10.9 Å². The molecular formula is C21H40N2O4Si3. The number of nitriles is 1. The van der Waals surface area contributed by atoms with Crippen LogP contribution in [0.25, 0.3) is 0 Å². The smallest absolute Gasteiger partial charge is 0.327 e. The van der Waals surface area contributed by atoms with E-state index in [9.17, 15) is 10.1 Å². The SMILES string of the molecule is CCOC(=O)C(C#N)C1=CC(=NCCC[Si](C)(O[Si](C)(C)C)O[Si](C)(C)C)CCC1. The normalized spacial score (nSPS) is 18.0. The number of rotatable bonds is 11. The van der Waals surface area contributed by atoms with E-state index in [-0.39, 0.29) is 6.61 Å². The fourth-order valence-corrected chi connectivity index (χ4v) is 16.3. The lowest BCUT2D eigenvalue weighted by Crippen LogP contribution is -2.52. The minimum Gasteiger partial charge on any atom is -0.465 e. The number of esters is 1. The zero-order valence-corrected chi connectivity index (χ0v) is 23.1. The van der Waals surface area contributed by atoms with Crippen LogP contribution < -0.4 is 0 Å². The van der Waals surface area contributed by atoms with Gasteiger partial charge in [0, 0.05) is 12.3 Å². The second-order valence-electron chi connectivity index (χ2n) is 9.93. The van der Waals surface area contributed by atoms with Crippen molar-refractivity contribution in [3.05, 3.63) is 11.6 Å². The molecule has 1 rings (SSSR count). The minimum atomic E-state index is -2.23. The van der Waals surface area contributed by atoms with Gasteiger partial charge in [0.2, 0.25) is 0 Å². The van der Waals surface area contributed by atoms with Gasteiger partial charge in [0.15, 0.2) is 22.6 Å². The van der Waals surface area contributed by atoms with Crippen molar-refractivity contribution in [1.82, 2.24) is 0 Å². The summed E-state index contributed by atoms with van der Waals surface area (Å²) in [5, 5.41) is 9.40. The van der Waals surface area contributed by atoms with Gasteiger partial charge in [-0.1, -0.05) is 0 Å². The Hall–Kier alpha value is -1.06. The molecule has 0 aliphatic heterocycles. The van der Waals surface area contributed by atoms with E-state index in [0.29, 0.717) is 6.54 Å². The highest BCUT2D eigenvalue weighted by Gasteiger charge is 2.39. The molecule has 0 aromatic rings. The third-order valence-corrected chi connectivity index (χ3v) is 14.0. The maximum atomic E-state index is 12.0. The maximum Gasteiger partial charge on any atom is 0.327 e. The van der Waals surface area contributed by atoms with Crippen LogP contribution in [0.3, 0.4) is 0 Å². The van der Waals surface area contributed by atoms with Gasteiger partial charge in [0.05, 0.1) is 12.7 Å². The molecule has 1 aliphatic carbocycles. The third-order valence-electron chi connectivity index (χ3n) is 4.42. The molecule has 0 radical (unpaired) electrons. The minimum absolute atomic E-state index is 0.285. The van der Waals surface area contributed by atoms with Gasteiger partial charge < -0.3 is 13.0 Å². The van der Waals surface area contributed by atoms with Crippen molar-refractivity contribution >= 4 is 36.9 Å². The van der Waals surface area contributed by atoms with Crippen LogP contribution in [0.15, 0.2) is 16.6 Å². The first-order valence-electron chi connectivity index (χ1n) is 11.0. The summed E-state index contributed by atoms with van der Waals surface area (Å²) in [7, 11) is -5.61. The first-order chi connectivity index (χ1) is 13.8. The molecule has 6 nitrogen and oxygen atoms in total. The predicted octanol–water partition coefficient (Wildman–Crippen LogP) is 5.41. The predicted molar refractivity (Wildman–Crippen MR) is 130 cm³/mol. The molecule has 0 aromatic carbocycles. The molecule has 0 saturated heterocycles. The number of aliphatic imine (C=N–C) groups is 1. The van der Waals surface area contributed by atoms with Crippen molar-refractivity contribution in [3.8, 4) is 6.07 Å². The monoisotopic (exact) mass is 468 g/mol. The molecule has 30 heavy (non-hydrogen) atoms. The van der Waals surface area contributed by atoms with Crippen LogP contribution in [0, 0.1) is 17.2 Å². The first kappa shape index (κ1) is 27.0. The van der Waals surface area contributed by atoms with Gasteiger partial charge in [-0.2, -0.15) is 5.26 Å². The maximum absolute atomic E-state index is 12.0. The molecule has 1 atom stereocenters. The number of hydrogen-bond donors (Lipinski definition) is 0. The van der Waals surface area contributed by atoms with E-state index >= 15 is 0 Å². The molecular weight excluding hydrogens is 428 g/mol. The van der Waals surface area contributed by atoms with Crippen LogP contribution in [0.1, 0.15) is 32.6 Å². The van der Waals surface area contributed by atoms with Crippen molar-refractivity contribution < 1.29 is 17.8 Å². The van der Waals surface area contributed by atoms with E-state index in [1.54, 1.807) is 6.92 Å². The zero-order valence-electron chi connectivity index (χ0n) is 20.1. The van der Waals surface area contributed by atoms with Gasteiger partial charge in [0.1, 0.15) is 0 Å². The van der Waals surface area contributed by atoms with Crippen LogP contribution in [0.2, 0.25) is 51.9 Å². The number of carbonyl (C=O) groups excluding carboxylic acids is 1. The van der Waals surface area contributed by atoms with Crippen molar-refractivity contribution in [3.63, 3.8) is 0 Å². The Balaban J connectivity index is 2.78. The molecule has 0 aromatic heterocycles. The summed E-state index contributed by atoms with van der Waals surface area (Å²) in [5.41, 5.74) is 1.80. The summed E-state index contributed by atoms with van der Waals surface area (Å²) < 4.78 is 18.1. The lowest BCUT2D eigenvalue weighted by molar-refractivity contribution is -0.144. The summed E-state index contributed by atoms with van der Waals surface area (Å²) >= 11 is 0. The summed E-state index contributed by atoms with van der Waals surface area (Å²) in [6.07, 6.45) is 5.39. The highest BCUT2D eigenvalue weighted by atomic mass is 28.5. The molecule has 0 amide bonds. The number of carbonyl (C=O) groups is 1. The van der Waals surface area contributed by atoms with E-state index in [2.05, 4.69) is 51.9 Å². The standard InChI is InChI=1S/C21H40N2O4Si3/c1-9-25-21(24)20(17-22)18-12-10-13-19(16-18)23-14-11-15-30(8,26-28(2,3)4)27-29(5,6)7/h16,20H,9-15H2,1-8H3. The van der Waals surface area contributed by atoms with Crippen LogP contribution >= 0.6 is 0 Å². The van der Waals surface area contributed by atoms with Gasteiger partial charge in [-0.05, 0) is 96.1 Å². The van der Waals surface area contributed by atoms with E-state index in [1.807, 2.05) is 6.08 Å². The quantitative estimate of drug-likeness (QED) is 0.230. The Labute approximate surface area is 186 Å². The lowest BCUT2D eigenvalue weighted by atomic mass is 9.89.